The molecule has 0 spiro atoms. The molecular weight excluding hydrogens is 252 g/mol. The average molecular weight is 280 g/mol. The van der Waals surface area contributed by atoms with Crippen LogP contribution in [-0.2, 0) is 4.79 Å². The molecule has 3 rings (SSSR count). The van der Waals surface area contributed by atoms with Gasteiger partial charge in [-0.15, -0.1) is 0 Å². The van der Waals surface area contributed by atoms with Crippen molar-refractivity contribution in [2.24, 2.45) is 0 Å². The van der Waals surface area contributed by atoms with Gasteiger partial charge in [-0.05, 0) is 32.2 Å². The third kappa shape index (κ3) is 3.51. The molecule has 1 unspecified atom stereocenters. The lowest BCUT2D eigenvalue weighted by Gasteiger charge is -2.38. The highest BCUT2D eigenvalue weighted by Crippen LogP contribution is 2.13. The molecule has 0 aliphatic carbocycles. The van der Waals surface area contributed by atoms with E-state index in [1.165, 1.54) is 32.2 Å². The maximum absolute atomic E-state index is 12.3. The van der Waals surface area contributed by atoms with E-state index in [4.69, 9.17) is 0 Å². The van der Waals surface area contributed by atoms with Crippen molar-refractivity contribution in [3.63, 3.8) is 0 Å². The fourth-order valence-electron chi connectivity index (χ4n) is 3.67. The van der Waals surface area contributed by atoms with Gasteiger partial charge in [0, 0.05) is 51.9 Å². The van der Waals surface area contributed by atoms with E-state index in [0.717, 1.165) is 51.9 Å². The largest absolute Gasteiger partial charge is 0.342 e. The molecule has 3 heterocycles. The highest BCUT2D eigenvalue weighted by molar-refractivity contribution is 5.78. The van der Waals surface area contributed by atoms with Crippen molar-refractivity contribution in [3.05, 3.63) is 0 Å². The predicted molar refractivity (Wildman–Crippen MR) is 79.7 cm³/mol. The molecule has 1 N–H and O–H groups in total. The van der Waals surface area contributed by atoms with E-state index in [1.807, 2.05) is 0 Å². The lowest BCUT2D eigenvalue weighted by Crippen LogP contribution is -2.53. The van der Waals surface area contributed by atoms with E-state index in [0.29, 0.717) is 12.5 Å². The van der Waals surface area contributed by atoms with Crippen LogP contribution in [0, 0.1) is 0 Å². The van der Waals surface area contributed by atoms with Gasteiger partial charge in [0.2, 0.25) is 5.91 Å². The van der Waals surface area contributed by atoms with Crippen LogP contribution in [0.25, 0.3) is 0 Å². The van der Waals surface area contributed by atoms with Crippen molar-refractivity contribution in [2.45, 2.75) is 31.7 Å². The summed E-state index contributed by atoms with van der Waals surface area (Å²) in [5, 5.41) is 3.44. The number of piperazine rings is 1. The molecule has 3 aliphatic heterocycles. The fourth-order valence-corrected chi connectivity index (χ4v) is 3.67. The second kappa shape index (κ2) is 6.87. The minimum atomic E-state index is 0.348. The van der Waals surface area contributed by atoms with E-state index in [1.54, 1.807) is 0 Å². The lowest BCUT2D eigenvalue weighted by molar-refractivity contribution is -0.133. The van der Waals surface area contributed by atoms with Crippen LogP contribution in [-0.4, -0.2) is 85.6 Å². The summed E-state index contributed by atoms with van der Waals surface area (Å²) in [5.74, 6) is 0.348. The van der Waals surface area contributed by atoms with Gasteiger partial charge in [0.15, 0.2) is 0 Å². The number of hydrogen-bond donors (Lipinski definition) is 1. The number of carbonyl (C=O) groups is 1. The van der Waals surface area contributed by atoms with Crippen LogP contribution in [0.4, 0.5) is 0 Å². The quantitative estimate of drug-likeness (QED) is 0.788. The number of amides is 1. The summed E-state index contributed by atoms with van der Waals surface area (Å²) in [6.45, 7) is 9.26. The zero-order chi connectivity index (χ0) is 13.8. The Morgan fingerprint density at radius 1 is 1.00 bits per heavy atom. The Morgan fingerprint density at radius 3 is 2.40 bits per heavy atom. The number of carbonyl (C=O) groups excluding carboxylic acids is 1. The summed E-state index contributed by atoms with van der Waals surface area (Å²) in [6, 6.07) is 0.731. The third-order valence-electron chi connectivity index (χ3n) is 5.03. The molecular formula is C15H28N4O. The second-order valence-electron chi connectivity index (χ2n) is 6.40. The summed E-state index contributed by atoms with van der Waals surface area (Å²) in [7, 11) is 0. The van der Waals surface area contributed by atoms with E-state index < -0.39 is 0 Å². The molecule has 0 bridgehead atoms. The van der Waals surface area contributed by atoms with Crippen molar-refractivity contribution in [3.8, 4) is 0 Å². The van der Waals surface area contributed by atoms with E-state index >= 15 is 0 Å². The normalized spacial score (nSPS) is 29.8. The Bertz CT molecular complexity index is 316. The van der Waals surface area contributed by atoms with Gasteiger partial charge in [-0.3, -0.25) is 14.6 Å². The van der Waals surface area contributed by atoms with Crippen molar-refractivity contribution in [1.82, 2.24) is 20.0 Å². The third-order valence-corrected chi connectivity index (χ3v) is 5.03. The maximum Gasteiger partial charge on any atom is 0.236 e. The van der Waals surface area contributed by atoms with Crippen molar-refractivity contribution in [1.29, 1.82) is 0 Å². The van der Waals surface area contributed by atoms with E-state index in [9.17, 15) is 4.79 Å². The number of likely N-dealkylation sites (tertiary alicyclic amines) is 1. The minimum absolute atomic E-state index is 0.348. The zero-order valence-corrected chi connectivity index (χ0v) is 12.5. The van der Waals surface area contributed by atoms with Gasteiger partial charge in [0.05, 0.1) is 6.54 Å². The number of hydrogen-bond acceptors (Lipinski definition) is 4. The summed E-state index contributed by atoms with van der Waals surface area (Å²) in [6.07, 6.45) is 4.95. The van der Waals surface area contributed by atoms with Gasteiger partial charge in [0.1, 0.15) is 0 Å². The van der Waals surface area contributed by atoms with Crippen molar-refractivity contribution >= 4 is 5.91 Å². The molecule has 20 heavy (non-hydrogen) atoms. The molecule has 3 saturated heterocycles. The van der Waals surface area contributed by atoms with Crippen LogP contribution in [0.5, 0.6) is 0 Å². The highest BCUT2D eigenvalue weighted by Gasteiger charge is 2.27. The van der Waals surface area contributed by atoms with Gasteiger partial charge in [-0.25, -0.2) is 0 Å². The first-order valence-electron chi connectivity index (χ1n) is 8.28. The Morgan fingerprint density at radius 2 is 1.75 bits per heavy atom. The highest BCUT2D eigenvalue weighted by atomic mass is 16.2. The van der Waals surface area contributed by atoms with Crippen LogP contribution in [0.3, 0.4) is 0 Å². The molecule has 1 atom stereocenters. The minimum Gasteiger partial charge on any atom is -0.342 e. The smallest absolute Gasteiger partial charge is 0.236 e. The van der Waals surface area contributed by atoms with E-state index in [2.05, 4.69) is 20.0 Å². The van der Waals surface area contributed by atoms with E-state index in [-0.39, 0.29) is 0 Å². The summed E-state index contributed by atoms with van der Waals surface area (Å²) in [4.78, 5) is 19.3. The Hall–Kier alpha value is -0.650. The molecule has 3 aliphatic rings. The molecule has 0 aromatic heterocycles. The van der Waals surface area contributed by atoms with Crippen LogP contribution < -0.4 is 5.32 Å². The Labute approximate surface area is 122 Å². The zero-order valence-electron chi connectivity index (χ0n) is 12.5. The molecule has 0 saturated carbocycles. The molecule has 3 fully saturated rings. The second-order valence-corrected chi connectivity index (χ2v) is 6.40. The maximum atomic E-state index is 12.3. The monoisotopic (exact) mass is 280 g/mol. The standard InChI is InChI=1S/C15H28N4O/c20-15(19-6-2-1-3-7-19)13-17-8-10-18(11-9-17)14-4-5-16-12-14/h14,16H,1-13H2. The summed E-state index contributed by atoms with van der Waals surface area (Å²) in [5.41, 5.74) is 0. The number of nitrogens with zero attached hydrogens (tertiary/aromatic N) is 3. The topological polar surface area (TPSA) is 38.8 Å². The number of rotatable bonds is 3. The molecule has 1 amide bonds. The molecule has 0 aromatic rings. The SMILES string of the molecule is O=C(CN1CCN(C2CCNC2)CC1)N1CCCCC1. The van der Waals surface area contributed by atoms with Gasteiger partial charge in [-0.1, -0.05) is 0 Å². The number of nitrogens with one attached hydrogen (secondary N) is 1. The Kier molecular flexibility index (Phi) is 4.91. The molecule has 114 valence electrons. The van der Waals surface area contributed by atoms with Gasteiger partial charge in [0.25, 0.3) is 0 Å². The predicted octanol–water partition coefficient (Wildman–Crippen LogP) is -0.0216. The van der Waals surface area contributed by atoms with Crippen molar-refractivity contribution < 1.29 is 4.79 Å². The van der Waals surface area contributed by atoms with Gasteiger partial charge >= 0.3 is 0 Å². The first-order valence-corrected chi connectivity index (χ1v) is 8.28. The summed E-state index contributed by atoms with van der Waals surface area (Å²) >= 11 is 0. The lowest BCUT2D eigenvalue weighted by atomic mass is 10.1. The van der Waals surface area contributed by atoms with Crippen LogP contribution in [0.15, 0.2) is 0 Å². The van der Waals surface area contributed by atoms with Gasteiger partial charge < -0.3 is 10.2 Å². The first kappa shape index (κ1) is 14.3. The molecule has 5 heteroatoms. The summed E-state index contributed by atoms with van der Waals surface area (Å²) < 4.78 is 0. The molecule has 5 nitrogen and oxygen atoms in total. The van der Waals surface area contributed by atoms with Gasteiger partial charge in [-0.2, -0.15) is 0 Å². The van der Waals surface area contributed by atoms with Crippen LogP contribution in [0.2, 0.25) is 0 Å². The first-order chi connectivity index (χ1) is 9.83. The average Bonchev–Trinajstić information content (AvgIpc) is 3.03. The Balaban J connectivity index is 1.40. The van der Waals surface area contributed by atoms with Crippen LogP contribution in [0.1, 0.15) is 25.7 Å². The fraction of sp³-hybridized carbons (Fsp3) is 0.933. The van der Waals surface area contributed by atoms with Crippen LogP contribution >= 0.6 is 0 Å². The van der Waals surface area contributed by atoms with Crippen molar-refractivity contribution in [2.75, 3.05) is 58.9 Å². The molecule has 0 aromatic carbocycles. The number of piperidine rings is 1. The molecule has 0 radical (unpaired) electrons.